The molecular weight excluding hydrogens is 248 g/mol. The summed E-state index contributed by atoms with van der Waals surface area (Å²) < 4.78 is 52.3. The van der Waals surface area contributed by atoms with Crippen molar-refractivity contribution >= 4 is 11.9 Å². The second-order valence-corrected chi connectivity index (χ2v) is 3.84. The third-order valence-corrected chi connectivity index (χ3v) is 2.63. The predicted octanol–water partition coefficient (Wildman–Crippen LogP) is 3.60. The summed E-state index contributed by atoms with van der Waals surface area (Å²) in [5.74, 6) is -0.908. The number of para-hydroxylation sites is 1. The van der Waals surface area contributed by atoms with Crippen molar-refractivity contribution in [1.29, 1.82) is 0 Å². The highest BCUT2D eigenvalue weighted by molar-refractivity contribution is 5.76. The topological polar surface area (TPSA) is 15.6 Å². The van der Waals surface area contributed by atoms with Gasteiger partial charge in [0.1, 0.15) is 12.5 Å². The highest BCUT2D eigenvalue weighted by Crippen LogP contribution is 2.39. The molecule has 2 rings (SSSR count). The first-order valence-corrected chi connectivity index (χ1v) is 5.21. The van der Waals surface area contributed by atoms with E-state index >= 15 is 0 Å². The SMILES string of the molecule is CC1=CC=NCN1c1c(F)cccc1C(F)(F)F. The second kappa shape index (κ2) is 4.44. The van der Waals surface area contributed by atoms with E-state index in [1.165, 1.54) is 17.2 Å². The fourth-order valence-corrected chi connectivity index (χ4v) is 1.76. The fourth-order valence-electron chi connectivity index (χ4n) is 1.76. The quantitative estimate of drug-likeness (QED) is 0.703. The molecule has 1 aromatic carbocycles. The van der Waals surface area contributed by atoms with Gasteiger partial charge in [0.2, 0.25) is 0 Å². The number of aliphatic imine (C=N–C) groups is 1. The normalized spacial score (nSPS) is 15.8. The van der Waals surface area contributed by atoms with Gasteiger partial charge in [-0.1, -0.05) is 6.07 Å². The minimum Gasteiger partial charge on any atom is -0.322 e. The van der Waals surface area contributed by atoms with Crippen LogP contribution in [0.1, 0.15) is 12.5 Å². The Morgan fingerprint density at radius 1 is 1.28 bits per heavy atom. The van der Waals surface area contributed by atoms with Gasteiger partial charge in [0.25, 0.3) is 0 Å². The molecule has 0 aliphatic carbocycles. The van der Waals surface area contributed by atoms with Gasteiger partial charge in [-0.3, -0.25) is 4.99 Å². The summed E-state index contributed by atoms with van der Waals surface area (Å²) in [6, 6.07) is 2.92. The van der Waals surface area contributed by atoms with Gasteiger partial charge >= 0.3 is 6.18 Å². The molecule has 96 valence electrons. The standard InChI is InChI=1S/C12H10F4N2/c1-8-5-6-17-7-18(8)11-9(12(14,15)16)3-2-4-10(11)13/h2-6H,7H2,1H3. The zero-order valence-electron chi connectivity index (χ0n) is 9.50. The second-order valence-electron chi connectivity index (χ2n) is 3.84. The minimum atomic E-state index is -4.60. The average molecular weight is 258 g/mol. The predicted molar refractivity (Wildman–Crippen MR) is 61.0 cm³/mol. The molecule has 0 unspecified atom stereocenters. The van der Waals surface area contributed by atoms with E-state index in [0.717, 1.165) is 18.2 Å². The number of halogens is 4. The molecule has 0 bridgehead atoms. The van der Waals surface area contributed by atoms with Gasteiger partial charge < -0.3 is 4.90 Å². The molecule has 0 spiro atoms. The number of benzene rings is 1. The van der Waals surface area contributed by atoms with E-state index in [2.05, 4.69) is 4.99 Å². The van der Waals surface area contributed by atoms with Gasteiger partial charge in [0.15, 0.2) is 0 Å². The molecule has 1 heterocycles. The summed E-state index contributed by atoms with van der Waals surface area (Å²) in [5.41, 5.74) is -0.955. The van der Waals surface area contributed by atoms with Crippen LogP contribution in [0.3, 0.4) is 0 Å². The molecule has 1 aromatic rings. The number of anilines is 1. The van der Waals surface area contributed by atoms with Crippen LogP contribution in [0, 0.1) is 5.82 Å². The molecule has 1 aliphatic rings. The van der Waals surface area contributed by atoms with Crippen LogP contribution in [-0.4, -0.2) is 12.9 Å². The van der Waals surface area contributed by atoms with Crippen molar-refractivity contribution in [3.05, 3.63) is 41.4 Å². The summed E-state index contributed by atoms with van der Waals surface area (Å²) >= 11 is 0. The van der Waals surface area contributed by atoms with Crippen molar-refractivity contribution in [2.45, 2.75) is 13.1 Å². The smallest absolute Gasteiger partial charge is 0.322 e. The van der Waals surface area contributed by atoms with Gasteiger partial charge in [-0.15, -0.1) is 0 Å². The van der Waals surface area contributed by atoms with Gasteiger partial charge in [-0.05, 0) is 25.1 Å². The molecule has 0 atom stereocenters. The van der Waals surface area contributed by atoms with Crippen LogP contribution < -0.4 is 4.90 Å². The van der Waals surface area contributed by atoms with Crippen LogP contribution in [0.15, 0.2) is 35.0 Å². The van der Waals surface area contributed by atoms with E-state index in [1.54, 1.807) is 6.92 Å². The fraction of sp³-hybridized carbons (Fsp3) is 0.250. The van der Waals surface area contributed by atoms with Crippen LogP contribution in [0.2, 0.25) is 0 Å². The molecule has 2 nitrogen and oxygen atoms in total. The van der Waals surface area contributed by atoms with E-state index in [9.17, 15) is 17.6 Å². The lowest BCUT2D eigenvalue weighted by atomic mass is 10.1. The molecule has 1 aliphatic heterocycles. The maximum absolute atomic E-state index is 13.7. The zero-order valence-corrected chi connectivity index (χ0v) is 9.50. The molecule has 0 radical (unpaired) electrons. The number of nitrogens with zero attached hydrogens (tertiary/aromatic N) is 2. The maximum atomic E-state index is 13.7. The lowest BCUT2D eigenvalue weighted by molar-refractivity contribution is -0.137. The van der Waals surface area contributed by atoms with Crippen molar-refractivity contribution < 1.29 is 17.6 Å². The Morgan fingerprint density at radius 3 is 2.61 bits per heavy atom. The highest BCUT2D eigenvalue weighted by atomic mass is 19.4. The number of hydrogen-bond donors (Lipinski definition) is 0. The summed E-state index contributed by atoms with van der Waals surface area (Å²) in [7, 11) is 0. The van der Waals surface area contributed by atoms with Crippen molar-refractivity contribution in [3.63, 3.8) is 0 Å². The first-order chi connectivity index (χ1) is 8.41. The number of allylic oxidation sites excluding steroid dienone is 2. The molecule has 0 saturated carbocycles. The van der Waals surface area contributed by atoms with E-state index in [4.69, 9.17) is 0 Å². The Bertz CT molecular complexity index is 517. The number of hydrogen-bond acceptors (Lipinski definition) is 2. The van der Waals surface area contributed by atoms with Gasteiger partial charge in [0.05, 0.1) is 11.3 Å². The van der Waals surface area contributed by atoms with E-state index in [1.807, 2.05) is 0 Å². The van der Waals surface area contributed by atoms with Gasteiger partial charge in [-0.25, -0.2) is 4.39 Å². The van der Waals surface area contributed by atoms with Crippen LogP contribution >= 0.6 is 0 Å². The van der Waals surface area contributed by atoms with E-state index in [0.29, 0.717) is 5.70 Å². The van der Waals surface area contributed by atoms with Crippen molar-refractivity contribution in [1.82, 2.24) is 0 Å². The molecule has 0 N–H and O–H groups in total. The average Bonchev–Trinajstić information content (AvgIpc) is 2.29. The maximum Gasteiger partial charge on any atom is 0.418 e. The summed E-state index contributed by atoms with van der Waals surface area (Å²) in [6.45, 7) is 1.59. The lowest BCUT2D eigenvalue weighted by Crippen LogP contribution is -2.27. The Morgan fingerprint density at radius 2 is 2.00 bits per heavy atom. The third-order valence-electron chi connectivity index (χ3n) is 2.63. The zero-order chi connectivity index (χ0) is 13.3. The minimum absolute atomic E-state index is 0.0215. The van der Waals surface area contributed by atoms with Crippen molar-refractivity contribution in [2.24, 2.45) is 4.99 Å². The summed E-state index contributed by atoms with van der Waals surface area (Å²) in [5, 5.41) is 0. The van der Waals surface area contributed by atoms with E-state index in [-0.39, 0.29) is 6.67 Å². The molecule has 18 heavy (non-hydrogen) atoms. The largest absolute Gasteiger partial charge is 0.418 e. The summed E-state index contributed by atoms with van der Waals surface area (Å²) in [6.07, 6.45) is -1.57. The highest BCUT2D eigenvalue weighted by Gasteiger charge is 2.36. The molecule has 0 fully saturated rings. The molecular formula is C12H10F4N2. The van der Waals surface area contributed by atoms with Gasteiger partial charge in [0, 0.05) is 11.9 Å². The van der Waals surface area contributed by atoms with Crippen molar-refractivity contribution in [2.75, 3.05) is 11.6 Å². The first-order valence-electron chi connectivity index (χ1n) is 5.21. The Balaban J connectivity index is 2.56. The molecule has 6 heteroatoms. The van der Waals surface area contributed by atoms with Crippen LogP contribution in [0.25, 0.3) is 0 Å². The van der Waals surface area contributed by atoms with Crippen molar-refractivity contribution in [3.8, 4) is 0 Å². The molecule has 0 amide bonds. The van der Waals surface area contributed by atoms with Crippen LogP contribution in [-0.2, 0) is 6.18 Å². The lowest BCUT2D eigenvalue weighted by Gasteiger charge is -2.28. The Hall–Kier alpha value is -1.85. The Labute approximate surface area is 101 Å². The molecule has 0 saturated heterocycles. The third kappa shape index (κ3) is 2.23. The van der Waals surface area contributed by atoms with Crippen LogP contribution in [0.4, 0.5) is 23.2 Å². The van der Waals surface area contributed by atoms with E-state index < -0.39 is 23.2 Å². The monoisotopic (exact) mass is 258 g/mol. The Kier molecular flexibility index (Phi) is 3.11. The van der Waals surface area contributed by atoms with Gasteiger partial charge in [-0.2, -0.15) is 13.2 Å². The number of rotatable bonds is 1. The van der Waals surface area contributed by atoms with Crippen LogP contribution in [0.5, 0.6) is 0 Å². The number of alkyl halides is 3. The first kappa shape index (κ1) is 12.6. The summed E-state index contributed by atoms with van der Waals surface area (Å²) in [4.78, 5) is 5.05. The molecule has 0 aromatic heterocycles.